The minimum atomic E-state index is -0.459. The van der Waals surface area contributed by atoms with Gasteiger partial charge < -0.3 is 0 Å². The number of pyridine rings is 1. The van der Waals surface area contributed by atoms with Crippen LogP contribution in [0.1, 0.15) is 27.9 Å². The number of halogens is 2. The van der Waals surface area contributed by atoms with Crippen molar-refractivity contribution in [3.05, 3.63) is 148 Å². The molecule has 0 atom stereocenters. The number of aliphatic imine (C=N–C) groups is 1. The third kappa shape index (κ3) is 5.41. The third-order valence-electron chi connectivity index (χ3n) is 5.46. The van der Waals surface area contributed by atoms with E-state index in [4.69, 9.17) is 16.6 Å². The van der Waals surface area contributed by atoms with E-state index in [-0.39, 0.29) is 5.02 Å². The van der Waals surface area contributed by atoms with Crippen molar-refractivity contribution in [1.82, 2.24) is 14.8 Å². The Bertz CT molecular complexity index is 1540. The second-order valence-corrected chi connectivity index (χ2v) is 8.35. The number of hydrogen-bond acceptors (Lipinski definition) is 3. The van der Waals surface area contributed by atoms with E-state index in [9.17, 15) is 4.39 Å². The first-order valence-electron chi connectivity index (χ1n) is 11.3. The Hall–Kier alpha value is -4.53. The highest BCUT2D eigenvalue weighted by atomic mass is 35.5. The van der Waals surface area contributed by atoms with Crippen LogP contribution in [-0.2, 0) is 6.54 Å². The maximum atomic E-state index is 13.9. The Labute approximate surface area is 213 Å². The van der Waals surface area contributed by atoms with Gasteiger partial charge in [-0.3, -0.25) is 4.68 Å². The molecule has 2 aromatic heterocycles. The first-order chi connectivity index (χ1) is 17.7. The molecule has 2 heterocycles. The van der Waals surface area contributed by atoms with Gasteiger partial charge in [-0.15, -0.1) is 0 Å². The maximum Gasteiger partial charge on any atom is 0.168 e. The Morgan fingerprint density at radius 2 is 1.56 bits per heavy atom. The Morgan fingerprint density at radius 1 is 0.833 bits per heavy atom. The first kappa shape index (κ1) is 23.2. The van der Waals surface area contributed by atoms with Gasteiger partial charge in [0.25, 0.3) is 0 Å². The number of benzene rings is 3. The van der Waals surface area contributed by atoms with Crippen LogP contribution in [0.5, 0.6) is 0 Å². The molecular formula is C30H20ClFN4. The van der Waals surface area contributed by atoms with Gasteiger partial charge in [-0.1, -0.05) is 84.3 Å². The van der Waals surface area contributed by atoms with Crippen LogP contribution in [0.4, 0.5) is 10.2 Å². The Balaban J connectivity index is 1.50. The van der Waals surface area contributed by atoms with Crippen molar-refractivity contribution in [3.8, 4) is 11.8 Å². The summed E-state index contributed by atoms with van der Waals surface area (Å²) in [4.78, 5) is 9.44. The van der Waals surface area contributed by atoms with Gasteiger partial charge in [0, 0.05) is 17.3 Å². The average molecular weight is 491 g/mol. The second kappa shape index (κ2) is 10.8. The summed E-state index contributed by atoms with van der Waals surface area (Å²) in [5, 5.41) is 4.43. The minimum Gasteiger partial charge on any atom is -0.253 e. The molecule has 5 aromatic rings. The van der Waals surface area contributed by atoms with Crippen LogP contribution in [0.25, 0.3) is 0 Å². The van der Waals surface area contributed by atoms with Crippen molar-refractivity contribution in [2.75, 3.05) is 0 Å². The first-order valence-corrected chi connectivity index (χ1v) is 11.7. The van der Waals surface area contributed by atoms with Crippen LogP contribution < -0.4 is 0 Å². The van der Waals surface area contributed by atoms with Crippen LogP contribution >= 0.6 is 11.6 Å². The lowest BCUT2D eigenvalue weighted by molar-refractivity contribution is 0.619. The molecule has 0 saturated carbocycles. The molecule has 4 nitrogen and oxygen atoms in total. The average Bonchev–Trinajstić information content (AvgIpc) is 3.36. The van der Waals surface area contributed by atoms with Gasteiger partial charge in [0.05, 0.1) is 29.0 Å². The highest BCUT2D eigenvalue weighted by molar-refractivity contribution is 6.30. The van der Waals surface area contributed by atoms with E-state index in [2.05, 4.69) is 21.9 Å². The molecule has 0 spiro atoms. The largest absolute Gasteiger partial charge is 0.253 e. The summed E-state index contributed by atoms with van der Waals surface area (Å²) in [6, 6.07) is 30.3. The normalized spacial score (nSPS) is 10.4. The molecular weight excluding hydrogens is 471 g/mol. The van der Waals surface area contributed by atoms with E-state index in [1.807, 2.05) is 78.9 Å². The van der Waals surface area contributed by atoms with E-state index < -0.39 is 5.82 Å². The highest BCUT2D eigenvalue weighted by Gasteiger charge is 2.09. The van der Waals surface area contributed by atoms with Crippen LogP contribution in [0.15, 0.2) is 114 Å². The van der Waals surface area contributed by atoms with Crippen LogP contribution in [0.2, 0.25) is 5.02 Å². The van der Waals surface area contributed by atoms with Crippen molar-refractivity contribution in [2.45, 2.75) is 6.54 Å². The third-order valence-corrected chi connectivity index (χ3v) is 5.76. The summed E-state index contributed by atoms with van der Waals surface area (Å²) < 4.78 is 15.6. The molecule has 0 N–H and O–H groups in total. The predicted molar refractivity (Wildman–Crippen MR) is 141 cm³/mol. The molecule has 0 aliphatic carbocycles. The monoisotopic (exact) mass is 490 g/mol. The summed E-state index contributed by atoms with van der Waals surface area (Å²) in [6.07, 6.45) is 3.37. The summed E-state index contributed by atoms with van der Waals surface area (Å²) >= 11 is 5.80. The van der Waals surface area contributed by atoms with Crippen LogP contribution in [0.3, 0.4) is 0 Å². The number of nitrogens with zero attached hydrogens (tertiary/aromatic N) is 4. The molecule has 0 aliphatic rings. The lowest BCUT2D eigenvalue weighted by Gasteiger charge is -2.08. The molecule has 0 radical (unpaired) electrons. The molecule has 0 fully saturated rings. The van der Waals surface area contributed by atoms with E-state index in [0.717, 1.165) is 22.4 Å². The second-order valence-electron chi connectivity index (χ2n) is 7.94. The zero-order chi connectivity index (χ0) is 24.7. The summed E-state index contributed by atoms with van der Waals surface area (Å²) in [5.41, 5.74) is 4.91. The molecule has 5 rings (SSSR count). The maximum absolute atomic E-state index is 13.9. The van der Waals surface area contributed by atoms with Crippen molar-refractivity contribution in [2.24, 2.45) is 4.99 Å². The van der Waals surface area contributed by atoms with Crippen LogP contribution in [0, 0.1) is 17.7 Å². The van der Waals surface area contributed by atoms with Gasteiger partial charge in [0.2, 0.25) is 0 Å². The van der Waals surface area contributed by atoms with Crippen molar-refractivity contribution in [1.29, 1.82) is 0 Å². The molecule has 0 amide bonds. The molecule has 3 aromatic carbocycles. The highest BCUT2D eigenvalue weighted by Crippen LogP contribution is 2.20. The van der Waals surface area contributed by atoms with Gasteiger partial charge >= 0.3 is 0 Å². The van der Waals surface area contributed by atoms with Gasteiger partial charge in [0.15, 0.2) is 5.82 Å². The van der Waals surface area contributed by atoms with Gasteiger partial charge in [-0.25, -0.2) is 14.4 Å². The standard InChI is InChI=1S/C30H20ClFN4/c31-27-16-13-22(20-28(27)32)21-36-26(17-19-34-36)15-14-25-12-7-18-33-30(25)35-29(23-8-3-1-4-9-23)24-10-5-2-6-11-24/h1-13,16-20H,21H2. The fraction of sp³-hybridized carbons (Fsp3) is 0.0333. The summed E-state index contributed by atoms with van der Waals surface area (Å²) in [6.45, 7) is 0.370. The zero-order valence-electron chi connectivity index (χ0n) is 19.1. The fourth-order valence-electron chi connectivity index (χ4n) is 3.68. The molecule has 174 valence electrons. The molecule has 36 heavy (non-hydrogen) atoms. The molecule has 0 unspecified atom stereocenters. The van der Waals surface area contributed by atoms with Crippen molar-refractivity contribution < 1.29 is 4.39 Å². The van der Waals surface area contributed by atoms with E-state index in [1.54, 1.807) is 23.1 Å². The quantitative estimate of drug-likeness (QED) is 0.203. The smallest absolute Gasteiger partial charge is 0.168 e. The lowest BCUT2D eigenvalue weighted by atomic mass is 10.0. The molecule has 6 heteroatoms. The van der Waals surface area contributed by atoms with Gasteiger partial charge in [-0.05, 0) is 41.8 Å². The summed E-state index contributed by atoms with van der Waals surface area (Å²) in [7, 11) is 0. The van der Waals surface area contributed by atoms with E-state index in [0.29, 0.717) is 23.6 Å². The summed E-state index contributed by atoms with van der Waals surface area (Å²) in [5.74, 6) is 6.43. The number of hydrogen-bond donors (Lipinski definition) is 0. The van der Waals surface area contributed by atoms with Gasteiger partial charge in [0.1, 0.15) is 11.5 Å². The zero-order valence-corrected chi connectivity index (χ0v) is 19.9. The minimum absolute atomic E-state index is 0.0919. The molecule has 0 aliphatic heterocycles. The van der Waals surface area contributed by atoms with E-state index >= 15 is 0 Å². The van der Waals surface area contributed by atoms with Gasteiger partial charge in [-0.2, -0.15) is 5.10 Å². The SMILES string of the molecule is Fc1cc(Cn2nccc2C#Cc2cccnc2N=C(c2ccccc2)c2ccccc2)ccc1Cl. The lowest BCUT2D eigenvalue weighted by Crippen LogP contribution is -2.04. The van der Waals surface area contributed by atoms with E-state index in [1.165, 1.54) is 12.1 Å². The van der Waals surface area contributed by atoms with Crippen molar-refractivity contribution in [3.63, 3.8) is 0 Å². The Morgan fingerprint density at radius 3 is 2.25 bits per heavy atom. The number of aromatic nitrogens is 3. The molecule has 0 saturated heterocycles. The van der Waals surface area contributed by atoms with Crippen LogP contribution in [-0.4, -0.2) is 20.5 Å². The predicted octanol–water partition coefficient (Wildman–Crippen LogP) is 6.69. The fourth-order valence-corrected chi connectivity index (χ4v) is 3.80. The van der Waals surface area contributed by atoms with Crippen molar-refractivity contribution >= 4 is 23.1 Å². The molecule has 0 bridgehead atoms. The number of rotatable bonds is 5. The Kier molecular flexibility index (Phi) is 6.98. The topological polar surface area (TPSA) is 43.1 Å².